The van der Waals surface area contributed by atoms with Crippen LogP contribution in [0.1, 0.15) is 17.2 Å². The molecule has 1 atom stereocenters. The maximum atomic E-state index is 13.4. The van der Waals surface area contributed by atoms with E-state index in [1.807, 2.05) is 24.3 Å². The summed E-state index contributed by atoms with van der Waals surface area (Å²) in [6, 6.07) is 10.8. The van der Waals surface area contributed by atoms with Gasteiger partial charge in [-0.25, -0.2) is 4.39 Å². The number of benzene rings is 2. The number of aliphatic hydroxyl groups is 1. The van der Waals surface area contributed by atoms with Crippen molar-refractivity contribution in [1.82, 2.24) is 5.32 Å². The first kappa shape index (κ1) is 18.1. The van der Waals surface area contributed by atoms with Crippen molar-refractivity contribution in [3.05, 3.63) is 76.1 Å². The lowest BCUT2D eigenvalue weighted by molar-refractivity contribution is -0.136. The fraction of sp³-hybridized carbons (Fsp3) is 0.158. The Morgan fingerprint density at radius 3 is 2.73 bits per heavy atom. The van der Waals surface area contributed by atoms with Crippen molar-refractivity contribution >= 4 is 29.1 Å². The molecular weight excluding hydrogens is 359 g/mol. The van der Waals surface area contributed by atoms with Gasteiger partial charge in [0.15, 0.2) is 0 Å². The number of amides is 2. The molecule has 1 aliphatic carbocycles. The lowest BCUT2D eigenvalue weighted by Crippen LogP contribution is -2.37. The molecule has 0 saturated carbocycles. The lowest BCUT2D eigenvalue weighted by Gasteiger charge is -2.16. The number of halogens is 2. The van der Waals surface area contributed by atoms with Crippen molar-refractivity contribution in [2.75, 3.05) is 11.9 Å². The SMILES string of the molecule is O=C(Nc1ccc(Cl)c(F)c1)C(=O)N[C@@H]1/C(=C/CO)Cc2ccccc21. The second-order valence-corrected chi connectivity index (χ2v) is 6.23. The number of rotatable bonds is 3. The summed E-state index contributed by atoms with van der Waals surface area (Å²) in [4.78, 5) is 24.4. The van der Waals surface area contributed by atoms with Crippen molar-refractivity contribution in [2.24, 2.45) is 0 Å². The Hall–Kier alpha value is -2.70. The molecule has 134 valence electrons. The molecule has 7 heteroatoms. The first-order chi connectivity index (χ1) is 12.5. The number of carbonyl (C=O) groups excluding carboxylic acids is 2. The molecule has 2 amide bonds. The number of fused-ring (bicyclic) bond motifs is 1. The highest BCUT2D eigenvalue weighted by Crippen LogP contribution is 2.35. The van der Waals surface area contributed by atoms with Crippen LogP contribution < -0.4 is 10.6 Å². The van der Waals surface area contributed by atoms with Gasteiger partial charge in [0.05, 0.1) is 17.7 Å². The molecule has 0 spiro atoms. The van der Waals surface area contributed by atoms with Gasteiger partial charge in [0, 0.05) is 5.69 Å². The quantitative estimate of drug-likeness (QED) is 0.571. The summed E-state index contributed by atoms with van der Waals surface area (Å²) in [5.41, 5.74) is 2.85. The zero-order valence-corrected chi connectivity index (χ0v) is 14.4. The molecule has 3 rings (SSSR count). The third-order valence-electron chi connectivity index (χ3n) is 4.14. The number of aliphatic hydroxyl groups excluding tert-OH is 1. The number of hydrogen-bond acceptors (Lipinski definition) is 3. The van der Waals surface area contributed by atoms with Crippen LogP contribution >= 0.6 is 11.6 Å². The molecule has 1 aliphatic rings. The number of nitrogens with one attached hydrogen (secondary N) is 2. The first-order valence-electron chi connectivity index (χ1n) is 7.94. The van der Waals surface area contributed by atoms with Crippen molar-refractivity contribution in [2.45, 2.75) is 12.5 Å². The zero-order valence-electron chi connectivity index (χ0n) is 13.6. The van der Waals surface area contributed by atoms with Crippen molar-refractivity contribution in [1.29, 1.82) is 0 Å². The minimum atomic E-state index is -0.917. The summed E-state index contributed by atoms with van der Waals surface area (Å²) in [6.45, 7) is -0.161. The number of anilines is 1. The fourth-order valence-corrected chi connectivity index (χ4v) is 3.05. The van der Waals surface area contributed by atoms with Gasteiger partial charge in [-0.3, -0.25) is 9.59 Å². The smallest absolute Gasteiger partial charge is 0.313 e. The van der Waals surface area contributed by atoms with Crippen LogP contribution in [0.5, 0.6) is 0 Å². The van der Waals surface area contributed by atoms with Gasteiger partial charge >= 0.3 is 11.8 Å². The van der Waals surface area contributed by atoms with E-state index in [0.717, 1.165) is 22.8 Å². The average molecular weight is 375 g/mol. The van der Waals surface area contributed by atoms with Crippen LogP contribution in [0.25, 0.3) is 0 Å². The van der Waals surface area contributed by atoms with E-state index >= 15 is 0 Å². The van der Waals surface area contributed by atoms with Crippen LogP contribution in [0.2, 0.25) is 5.02 Å². The summed E-state index contributed by atoms with van der Waals surface area (Å²) in [5.74, 6) is -2.46. The minimum absolute atomic E-state index is 0.0752. The van der Waals surface area contributed by atoms with Gasteiger partial charge in [-0.15, -0.1) is 0 Å². The van der Waals surface area contributed by atoms with Gasteiger partial charge in [0.2, 0.25) is 0 Å². The van der Waals surface area contributed by atoms with Gasteiger partial charge in [-0.05, 0) is 41.3 Å². The van der Waals surface area contributed by atoms with Crippen molar-refractivity contribution in [3.8, 4) is 0 Å². The van der Waals surface area contributed by atoms with Gasteiger partial charge in [0.25, 0.3) is 0 Å². The molecule has 0 bridgehead atoms. The summed E-state index contributed by atoms with van der Waals surface area (Å²) in [5, 5.41) is 14.1. The Kier molecular flexibility index (Phi) is 5.35. The van der Waals surface area contributed by atoms with Gasteiger partial charge in [-0.1, -0.05) is 41.9 Å². The van der Waals surface area contributed by atoms with Crippen molar-refractivity contribution < 1.29 is 19.1 Å². The van der Waals surface area contributed by atoms with E-state index in [9.17, 15) is 19.1 Å². The topological polar surface area (TPSA) is 78.4 Å². The maximum Gasteiger partial charge on any atom is 0.313 e. The first-order valence-corrected chi connectivity index (χ1v) is 8.32. The van der Waals surface area contributed by atoms with Gasteiger partial charge < -0.3 is 15.7 Å². The summed E-state index contributed by atoms with van der Waals surface area (Å²) >= 11 is 5.59. The van der Waals surface area contributed by atoms with Crippen LogP contribution in [0.15, 0.2) is 54.1 Å². The van der Waals surface area contributed by atoms with E-state index in [4.69, 9.17) is 11.6 Å². The van der Waals surface area contributed by atoms with Crippen LogP contribution in [0.3, 0.4) is 0 Å². The largest absolute Gasteiger partial charge is 0.392 e. The van der Waals surface area contributed by atoms with Gasteiger partial charge in [-0.2, -0.15) is 0 Å². The molecule has 0 aromatic heterocycles. The number of hydrogen-bond donors (Lipinski definition) is 3. The molecule has 0 unspecified atom stereocenters. The minimum Gasteiger partial charge on any atom is -0.392 e. The molecule has 0 heterocycles. The van der Waals surface area contributed by atoms with Gasteiger partial charge in [0.1, 0.15) is 5.82 Å². The average Bonchev–Trinajstić information content (AvgIpc) is 2.96. The molecule has 3 N–H and O–H groups in total. The van der Waals surface area contributed by atoms with E-state index in [2.05, 4.69) is 10.6 Å². The predicted octanol–water partition coefficient (Wildman–Crippen LogP) is 2.75. The standard InChI is InChI=1S/C19H16ClFN2O3/c20-15-6-5-13(10-16(15)21)22-18(25)19(26)23-17-12(7-8-24)9-11-3-1-2-4-14(11)17/h1-7,10,17,24H,8-9H2,(H,22,25)(H,23,26)/b12-7+/t17-/m1/s1. The van der Waals surface area contributed by atoms with E-state index in [-0.39, 0.29) is 17.3 Å². The van der Waals surface area contributed by atoms with Crippen LogP contribution in [0.4, 0.5) is 10.1 Å². The normalized spacial score (nSPS) is 17.0. The Labute approximate surface area is 154 Å². The molecule has 26 heavy (non-hydrogen) atoms. The summed E-state index contributed by atoms with van der Waals surface area (Å²) in [7, 11) is 0. The third kappa shape index (κ3) is 3.76. The molecule has 0 aliphatic heterocycles. The molecule has 0 fully saturated rings. The Balaban J connectivity index is 1.74. The van der Waals surface area contributed by atoms with Crippen LogP contribution in [-0.2, 0) is 16.0 Å². The number of carbonyl (C=O) groups is 2. The monoisotopic (exact) mass is 374 g/mol. The fourth-order valence-electron chi connectivity index (χ4n) is 2.93. The predicted molar refractivity (Wildman–Crippen MR) is 96.2 cm³/mol. The zero-order chi connectivity index (χ0) is 18.7. The van der Waals surface area contributed by atoms with E-state index in [0.29, 0.717) is 6.42 Å². The lowest BCUT2D eigenvalue weighted by atomic mass is 10.1. The molecular formula is C19H16ClFN2O3. The highest BCUT2D eigenvalue weighted by Gasteiger charge is 2.29. The molecule has 0 radical (unpaired) electrons. The summed E-state index contributed by atoms with van der Waals surface area (Å²) < 4.78 is 13.4. The molecule has 2 aromatic rings. The molecule has 2 aromatic carbocycles. The Morgan fingerprint density at radius 2 is 2.00 bits per heavy atom. The summed E-state index contributed by atoms with van der Waals surface area (Å²) in [6.07, 6.45) is 2.21. The highest BCUT2D eigenvalue weighted by atomic mass is 35.5. The Bertz CT molecular complexity index is 898. The van der Waals surface area contributed by atoms with Crippen molar-refractivity contribution in [3.63, 3.8) is 0 Å². The van der Waals surface area contributed by atoms with E-state index in [1.54, 1.807) is 6.08 Å². The maximum absolute atomic E-state index is 13.4. The second-order valence-electron chi connectivity index (χ2n) is 5.83. The van der Waals surface area contributed by atoms with E-state index < -0.39 is 23.7 Å². The highest BCUT2D eigenvalue weighted by molar-refractivity contribution is 6.39. The van der Waals surface area contributed by atoms with Crippen LogP contribution in [-0.4, -0.2) is 23.5 Å². The molecule has 5 nitrogen and oxygen atoms in total. The van der Waals surface area contributed by atoms with Crippen LogP contribution in [0, 0.1) is 5.82 Å². The molecule has 0 saturated heterocycles. The second kappa shape index (κ2) is 7.68. The third-order valence-corrected chi connectivity index (χ3v) is 4.45. The van der Waals surface area contributed by atoms with E-state index in [1.165, 1.54) is 12.1 Å². The Morgan fingerprint density at radius 1 is 1.23 bits per heavy atom.